The van der Waals surface area contributed by atoms with Crippen LogP contribution in [0.5, 0.6) is 0 Å². The molecule has 0 fully saturated rings. The monoisotopic (exact) mass is 365 g/mol. The van der Waals surface area contributed by atoms with Gasteiger partial charge in [-0.2, -0.15) is 0 Å². The Hall–Kier alpha value is -0.250. The van der Waals surface area contributed by atoms with Crippen molar-refractivity contribution in [1.29, 1.82) is 0 Å². The second kappa shape index (κ2) is 6.96. The first-order chi connectivity index (χ1) is 8.75. The van der Waals surface area contributed by atoms with Crippen molar-refractivity contribution in [2.45, 2.75) is 33.2 Å². The van der Waals surface area contributed by atoms with Crippen LogP contribution in [-0.4, -0.2) is 17.8 Å². The first-order valence-electron chi connectivity index (χ1n) is 6.07. The SMILES string of the molecule is CC(C)(C)C(CCCl)NC(=O)c1ccc(Br)c(Cl)c1. The smallest absolute Gasteiger partial charge is 0.251 e. The average Bonchev–Trinajstić information content (AvgIpc) is 2.30. The minimum absolute atomic E-state index is 0.0277. The highest BCUT2D eigenvalue weighted by Gasteiger charge is 2.26. The third-order valence-corrected chi connectivity index (χ3v) is 4.38. The normalized spacial score (nSPS) is 13.2. The second-order valence-corrected chi connectivity index (χ2v) is 7.14. The Morgan fingerprint density at radius 3 is 2.53 bits per heavy atom. The fourth-order valence-electron chi connectivity index (χ4n) is 1.71. The minimum Gasteiger partial charge on any atom is -0.349 e. The van der Waals surface area contributed by atoms with Gasteiger partial charge in [0.2, 0.25) is 0 Å². The molecule has 0 bridgehead atoms. The second-order valence-electron chi connectivity index (χ2n) is 5.50. The van der Waals surface area contributed by atoms with Crippen LogP contribution in [0.15, 0.2) is 22.7 Å². The van der Waals surface area contributed by atoms with Gasteiger partial charge in [0, 0.05) is 22.0 Å². The molecule has 0 spiro atoms. The summed E-state index contributed by atoms with van der Waals surface area (Å²) in [6, 6.07) is 5.19. The van der Waals surface area contributed by atoms with Gasteiger partial charge < -0.3 is 5.32 Å². The summed E-state index contributed by atoms with van der Waals surface area (Å²) in [5.41, 5.74) is 0.515. The topological polar surface area (TPSA) is 29.1 Å². The average molecular weight is 367 g/mol. The van der Waals surface area contributed by atoms with E-state index in [0.717, 1.165) is 10.9 Å². The van der Waals surface area contributed by atoms with Gasteiger partial charge in [0.25, 0.3) is 5.91 Å². The molecule has 1 amide bonds. The molecule has 0 aromatic heterocycles. The van der Waals surface area contributed by atoms with Crippen molar-refractivity contribution in [3.63, 3.8) is 0 Å². The summed E-state index contributed by atoms with van der Waals surface area (Å²) < 4.78 is 0.777. The molecule has 1 aromatic carbocycles. The van der Waals surface area contributed by atoms with E-state index in [9.17, 15) is 4.79 Å². The highest BCUT2D eigenvalue weighted by Crippen LogP contribution is 2.25. The number of nitrogens with one attached hydrogen (secondary N) is 1. The third kappa shape index (κ3) is 4.97. The maximum absolute atomic E-state index is 12.2. The van der Waals surface area contributed by atoms with Crippen molar-refractivity contribution >= 4 is 45.0 Å². The number of benzene rings is 1. The molecule has 1 rings (SSSR count). The van der Waals surface area contributed by atoms with E-state index < -0.39 is 0 Å². The zero-order valence-corrected chi connectivity index (χ0v) is 14.4. The quantitative estimate of drug-likeness (QED) is 0.756. The van der Waals surface area contributed by atoms with E-state index in [2.05, 4.69) is 42.0 Å². The maximum Gasteiger partial charge on any atom is 0.251 e. The summed E-state index contributed by atoms with van der Waals surface area (Å²) in [6.45, 7) is 6.25. The van der Waals surface area contributed by atoms with Gasteiger partial charge in [-0.3, -0.25) is 4.79 Å². The van der Waals surface area contributed by atoms with Crippen LogP contribution >= 0.6 is 39.1 Å². The van der Waals surface area contributed by atoms with Crippen molar-refractivity contribution in [3.05, 3.63) is 33.3 Å². The molecule has 106 valence electrons. The van der Waals surface area contributed by atoms with Crippen LogP contribution in [0.2, 0.25) is 5.02 Å². The predicted octanol–water partition coefficient (Wildman–Crippen LogP) is 4.88. The Kier molecular flexibility index (Phi) is 6.15. The Balaban J connectivity index is 2.84. The van der Waals surface area contributed by atoms with E-state index >= 15 is 0 Å². The summed E-state index contributed by atoms with van der Waals surface area (Å²) in [6.07, 6.45) is 0.737. The number of halogens is 3. The van der Waals surface area contributed by atoms with E-state index in [4.69, 9.17) is 23.2 Å². The molecule has 1 atom stereocenters. The lowest BCUT2D eigenvalue weighted by molar-refractivity contribution is 0.0900. The van der Waals surface area contributed by atoms with Crippen molar-refractivity contribution in [1.82, 2.24) is 5.32 Å². The molecular weight excluding hydrogens is 349 g/mol. The number of rotatable bonds is 4. The van der Waals surface area contributed by atoms with E-state index in [-0.39, 0.29) is 17.4 Å². The predicted molar refractivity (Wildman–Crippen MR) is 85.2 cm³/mol. The van der Waals surface area contributed by atoms with Crippen LogP contribution in [0.1, 0.15) is 37.6 Å². The van der Waals surface area contributed by atoms with Crippen LogP contribution in [0, 0.1) is 5.41 Å². The molecule has 0 aliphatic carbocycles. The Morgan fingerprint density at radius 1 is 1.42 bits per heavy atom. The summed E-state index contributed by atoms with van der Waals surface area (Å²) in [4.78, 5) is 12.2. The number of hydrogen-bond donors (Lipinski definition) is 1. The fourth-order valence-corrected chi connectivity index (χ4v) is 2.36. The summed E-state index contributed by atoms with van der Waals surface area (Å²) in [5.74, 6) is 0.392. The zero-order valence-electron chi connectivity index (χ0n) is 11.3. The molecule has 1 unspecified atom stereocenters. The Labute approximate surface area is 133 Å². The highest BCUT2D eigenvalue weighted by molar-refractivity contribution is 9.10. The standard InChI is InChI=1S/C14H18BrCl2NO/c1-14(2,3)12(6-7-16)18-13(19)9-4-5-10(15)11(17)8-9/h4-5,8,12H,6-7H2,1-3H3,(H,18,19). The molecule has 19 heavy (non-hydrogen) atoms. The van der Waals surface area contributed by atoms with Gasteiger partial charge in [-0.05, 0) is 46.0 Å². The lowest BCUT2D eigenvalue weighted by Gasteiger charge is -2.31. The first kappa shape index (κ1) is 16.8. The minimum atomic E-state index is -0.126. The van der Waals surface area contributed by atoms with Crippen LogP contribution in [0.4, 0.5) is 0 Å². The maximum atomic E-state index is 12.2. The molecule has 5 heteroatoms. The Morgan fingerprint density at radius 2 is 2.05 bits per heavy atom. The Bertz CT molecular complexity index is 457. The van der Waals surface area contributed by atoms with Crippen LogP contribution in [0.3, 0.4) is 0 Å². The molecule has 0 radical (unpaired) electrons. The van der Waals surface area contributed by atoms with Crippen LogP contribution < -0.4 is 5.32 Å². The fraction of sp³-hybridized carbons (Fsp3) is 0.500. The van der Waals surface area contributed by atoms with Crippen molar-refractivity contribution in [2.75, 3.05) is 5.88 Å². The van der Waals surface area contributed by atoms with Gasteiger partial charge in [-0.15, -0.1) is 11.6 Å². The van der Waals surface area contributed by atoms with Gasteiger partial charge >= 0.3 is 0 Å². The number of alkyl halides is 1. The van der Waals surface area contributed by atoms with Crippen LogP contribution in [-0.2, 0) is 0 Å². The molecule has 1 N–H and O–H groups in total. The number of amides is 1. The summed E-state index contributed by atoms with van der Waals surface area (Å²) in [5, 5.41) is 3.55. The van der Waals surface area contributed by atoms with E-state index in [1.54, 1.807) is 18.2 Å². The first-order valence-corrected chi connectivity index (χ1v) is 7.78. The van der Waals surface area contributed by atoms with Crippen molar-refractivity contribution < 1.29 is 4.79 Å². The molecule has 0 saturated carbocycles. The number of carbonyl (C=O) groups excluding carboxylic acids is 1. The number of hydrogen-bond acceptors (Lipinski definition) is 1. The van der Waals surface area contributed by atoms with Gasteiger partial charge in [0.15, 0.2) is 0 Å². The zero-order chi connectivity index (χ0) is 14.6. The highest BCUT2D eigenvalue weighted by atomic mass is 79.9. The molecule has 0 aliphatic heterocycles. The van der Waals surface area contributed by atoms with E-state index in [1.165, 1.54) is 0 Å². The van der Waals surface area contributed by atoms with E-state index in [1.807, 2.05) is 0 Å². The van der Waals surface area contributed by atoms with Gasteiger partial charge in [-0.25, -0.2) is 0 Å². The van der Waals surface area contributed by atoms with Gasteiger partial charge in [-0.1, -0.05) is 32.4 Å². The summed E-state index contributed by atoms with van der Waals surface area (Å²) >= 11 is 15.1. The molecule has 0 aliphatic rings. The van der Waals surface area contributed by atoms with Crippen molar-refractivity contribution in [2.24, 2.45) is 5.41 Å². The molecular formula is C14H18BrCl2NO. The van der Waals surface area contributed by atoms with Crippen LogP contribution in [0.25, 0.3) is 0 Å². The molecule has 2 nitrogen and oxygen atoms in total. The van der Waals surface area contributed by atoms with E-state index in [0.29, 0.717) is 16.5 Å². The largest absolute Gasteiger partial charge is 0.349 e. The molecule has 0 heterocycles. The van der Waals surface area contributed by atoms with Crippen molar-refractivity contribution in [3.8, 4) is 0 Å². The third-order valence-electron chi connectivity index (χ3n) is 2.93. The number of carbonyl (C=O) groups is 1. The summed E-state index contributed by atoms with van der Waals surface area (Å²) in [7, 11) is 0. The lowest BCUT2D eigenvalue weighted by atomic mass is 9.85. The molecule has 1 aromatic rings. The van der Waals surface area contributed by atoms with Gasteiger partial charge in [0.1, 0.15) is 0 Å². The van der Waals surface area contributed by atoms with Gasteiger partial charge in [0.05, 0.1) is 5.02 Å². The molecule has 0 saturated heterocycles. The lowest BCUT2D eigenvalue weighted by Crippen LogP contribution is -2.44.